The zero-order valence-electron chi connectivity index (χ0n) is 13.8. The Labute approximate surface area is 117 Å². The van der Waals surface area contributed by atoms with Gasteiger partial charge in [0.2, 0.25) is 0 Å². The number of hydrogen-bond donors (Lipinski definition) is 1. The molecular formula is C16H39N2+. The average Bonchev–Trinajstić information content (AvgIpc) is 2.33. The summed E-state index contributed by atoms with van der Waals surface area (Å²) in [6.45, 7) is 3.62. The minimum absolute atomic E-state index is 1.12. The number of nitrogens with zero attached hydrogens (tertiary/aromatic N) is 1. The summed E-state index contributed by atoms with van der Waals surface area (Å²) in [6, 6.07) is 0. The summed E-state index contributed by atoms with van der Waals surface area (Å²) < 4.78 is 1.12. The number of quaternary nitrogens is 1. The molecule has 0 amide bonds. The van der Waals surface area contributed by atoms with E-state index in [-0.39, 0.29) is 0 Å². The number of hydrogen-bond acceptors (Lipinski definition) is 1. The number of nitrogens with two attached hydrogens (primary N) is 1. The molecule has 0 heterocycles. The van der Waals surface area contributed by atoms with Crippen molar-refractivity contribution in [3.05, 3.63) is 0 Å². The molecule has 0 aliphatic carbocycles. The smallest absolute Gasteiger partial charge is 0.0780 e. The molecule has 0 fully saturated rings. The van der Waals surface area contributed by atoms with Gasteiger partial charge in [-0.05, 0) is 19.9 Å². The van der Waals surface area contributed by atoms with Crippen LogP contribution >= 0.6 is 0 Å². The van der Waals surface area contributed by atoms with Crippen LogP contribution in [0.3, 0.4) is 0 Å². The van der Waals surface area contributed by atoms with E-state index in [1.165, 1.54) is 77.8 Å². The first-order chi connectivity index (χ1) is 8.56. The van der Waals surface area contributed by atoms with Gasteiger partial charge in [-0.3, -0.25) is 0 Å². The van der Waals surface area contributed by atoms with E-state index in [4.69, 9.17) is 0 Å². The first-order valence-electron chi connectivity index (χ1n) is 7.94. The molecule has 0 saturated heterocycles. The molecule has 0 atom stereocenters. The van der Waals surface area contributed by atoms with E-state index in [0.29, 0.717) is 0 Å². The van der Waals surface area contributed by atoms with E-state index in [0.717, 1.165) is 4.48 Å². The topological polar surface area (TPSA) is 26.0 Å². The number of rotatable bonds is 11. The lowest BCUT2D eigenvalue weighted by molar-refractivity contribution is -0.870. The highest BCUT2D eigenvalue weighted by Crippen LogP contribution is 2.10. The van der Waals surface area contributed by atoms with E-state index in [1.807, 2.05) is 0 Å². The van der Waals surface area contributed by atoms with Crippen molar-refractivity contribution in [3.63, 3.8) is 0 Å². The van der Waals surface area contributed by atoms with Gasteiger partial charge >= 0.3 is 0 Å². The van der Waals surface area contributed by atoms with Crippen LogP contribution in [0.15, 0.2) is 0 Å². The van der Waals surface area contributed by atoms with E-state index < -0.39 is 0 Å². The molecule has 0 spiro atoms. The van der Waals surface area contributed by atoms with Crippen molar-refractivity contribution in [1.29, 1.82) is 0 Å². The average molecular weight is 260 g/mol. The van der Waals surface area contributed by atoms with Gasteiger partial charge in [0.1, 0.15) is 0 Å². The van der Waals surface area contributed by atoms with Crippen molar-refractivity contribution < 1.29 is 4.48 Å². The molecule has 0 aliphatic heterocycles. The molecule has 0 saturated carbocycles. The zero-order chi connectivity index (χ0) is 14.3. The Kier molecular flexibility index (Phi) is 16.8. The lowest BCUT2D eigenvalue weighted by Crippen LogP contribution is -2.35. The molecule has 0 radical (unpaired) electrons. The quantitative estimate of drug-likeness (QED) is 0.437. The fraction of sp³-hybridized carbons (Fsp3) is 1.00. The van der Waals surface area contributed by atoms with E-state index in [1.54, 1.807) is 0 Å². The third kappa shape index (κ3) is 21.2. The Bertz CT molecular complexity index is 139. The van der Waals surface area contributed by atoms with Gasteiger partial charge in [0, 0.05) is 0 Å². The highest BCUT2D eigenvalue weighted by molar-refractivity contribution is 4.47. The predicted molar refractivity (Wildman–Crippen MR) is 84.9 cm³/mol. The first-order valence-corrected chi connectivity index (χ1v) is 7.94. The molecule has 2 heteroatoms. The second-order valence-corrected chi connectivity index (χ2v) is 6.20. The lowest BCUT2D eigenvalue weighted by Gasteiger charge is -2.23. The molecular weight excluding hydrogens is 220 g/mol. The molecule has 0 bridgehead atoms. The van der Waals surface area contributed by atoms with Gasteiger partial charge in [0.25, 0.3) is 0 Å². The van der Waals surface area contributed by atoms with E-state index in [9.17, 15) is 0 Å². The van der Waals surface area contributed by atoms with Crippen LogP contribution in [0.4, 0.5) is 0 Å². The summed E-state index contributed by atoms with van der Waals surface area (Å²) in [5.74, 6) is 0. The van der Waals surface area contributed by atoms with Crippen molar-refractivity contribution in [3.8, 4) is 0 Å². The van der Waals surface area contributed by atoms with Crippen LogP contribution in [0, 0.1) is 0 Å². The van der Waals surface area contributed by atoms with Gasteiger partial charge in [-0.25, -0.2) is 0 Å². The molecule has 2 nitrogen and oxygen atoms in total. The van der Waals surface area contributed by atoms with Crippen molar-refractivity contribution in [1.82, 2.24) is 0 Å². The van der Waals surface area contributed by atoms with Crippen molar-refractivity contribution in [2.75, 3.05) is 34.7 Å². The van der Waals surface area contributed by atoms with Crippen LogP contribution in [-0.2, 0) is 0 Å². The van der Waals surface area contributed by atoms with Crippen molar-refractivity contribution in [2.24, 2.45) is 5.73 Å². The summed E-state index contributed by atoms with van der Waals surface area (Å²) in [5.41, 5.74) is 4.50. The minimum atomic E-state index is 1.12. The molecule has 0 unspecified atom stereocenters. The second-order valence-electron chi connectivity index (χ2n) is 6.20. The Morgan fingerprint density at radius 2 is 0.944 bits per heavy atom. The Hall–Kier alpha value is -0.0800. The van der Waals surface area contributed by atoms with Crippen LogP contribution in [0.2, 0.25) is 0 Å². The van der Waals surface area contributed by atoms with Crippen LogP contribution < -0.4 is 5.73 Å². The van der Waals surface area contributed by atoms with Crippen LogP contribution in [0.5, 0.6) is 0 Å². The molecule has 18 heavy (non-hydrogen) atoms. The van der Waals surface area contributed by atoms with Crippen LogP contribution in [-0.4, -0.2) is 39.2 Å². The summed E-state index contributed by atoms with van der Waals surface area (Å²) in [5, 5.41) is 0. The number of unbranched alkanes of at least 4 members (excludes halogenated alkanes) is 9. The highest BCUT2D eigenvalue weighted by atomic mass is 15.3. The predicted octanol–water partition coefficient (Wildman–Crippen LogP) is 4.19. The fourth-order valence-electron chi connectivity index (χ4n) is 2.07. The molecule has 0 rings (SSSR count). The summed E-state index contributed by atoms with van der Waals surface area (Å²) in [6.07, 6.45) is 14.4. The monoisotopic (exact) mass is 259 g/mol. The summed E-state index contributed by atoms with van der Waals surface area (Å²) >= 11 is 0. The first kappa shape index (κ1) is 20.2. The lowest BCUT2D eigenvalue weighted by atomic mass is 10.1. The zero-order valence-corrected chi connectivity index (χ0v) is 13.8. The molecule has 0 aromatic heterocycles. The van der Waals surface area contributed by atoms with Gasteiger partial charge in [-0.2, -0.15) is 0 Å². The summed E-state index contributed by atoms with van der Waals surface area (Å²) in [4.78, 5) is 0. The molecule has 0 aromatic rings. The van der Waals surface area contributed by atoms with Gasteiger partial charge in [0.05, 0.1) is 27.7 Å². The van der Waals surface area contributed by atoms with Crippen LogP contribution in [0.1, 0.15) is 71.1 Å². The maximum atomic E-state index is 4.50. The molecule has 112 valence electrons. The maximum Gasteiger partial charge on any atom is 0.0780 e. The molecule has 0 aromatic carbocycles. The van der Waals surface area contributed by atoms with E-state index in [2.05, 4.69) is 33.8 Å². The molecule has 0 aliphatic rings. The standard InChI is InChI=1S/C15H34N.CH5N/c1-5-6-7-8-9-10-11-12-13-14-15-16(2,3)4;1-2/h5-15H2,1-4H3;2H2,1H3/q+1;. The van der Waals surface area contributed by atoms with Crippen molar-refractivity contribution in [2.45, 2.75) is 71.1 Å². The molecule has 2 N–H and O–H groups in total. The van der Waals surface area contributed by atoms with Gasteiger partial charge in [0.15, 0.2) is 0 Å². The second kappa shape index (κ2) is 15.0. The third-order valence-electron chi connectivity index (χ3n) is 3.18. The fourth-order valence-corrected chi connectivity index (χ4v) is 2.07. The van der Waals surface area contributed by atoms with Crippen molar-refractivity contribution >= 4 is 0 Å². The Balaban J connectivity index is 0. The third-order valence-corrected chi connectivity index (χ3v) is 3.18. The highest BCUT2D eigenvalue weighted by Gasteiger charge is 2.04. The van der Waals surface area contributed by atoms with Gasteiger partial charge in [-0.15, -0.1) is 0 Å². The largest absolute Gasteiger partial charge is 0.333 e. The normalized spacial score (nSPS) is 11.0. The Morgan fingerprint density at radius 3 is 1.28 bits per heavy atom. The maximum absolute atomic E-state index is 4.50. The van der Waals surface area contributed by atoms with Gasteiger partial charge < -0.3 is 10.2 Å². The Morgan fingerprint density at radius 1 is 0.611 bits per heavy atom. The summed E-state index contributed by atoms with van der Waals surface area (Å²) in [7, 11) is 8.36. The van der Waals surface area contributed by atoms with Crippen LogP contribution in [0.25, 0.3) is 0 Å². The SMILES string of the molecule is CCCCCCCCCCCC[N+](C)(C)C.CN. The van der Waals surface area contributed by atoms with Gasteiger partial charge in [-0.1, -0.05) is 58.3 Å². The van der Waals surface area contributed by atoms with E-state index >= 15 is 0 Å². The minimum Gasteiger partial charge on any atom is -0.333 e.